The zero-order valence-electron chi connectivity index (χ0n) is 26.8. The van der Waals surface area contributed by atoms with Gasteiger partial charge in [0, 0.05) is 5.56 Å². The Morgan fingerprint density at radius 3 is 1.98 bits per heavy atom. The Hall–Kier alpha value is -4.33. The number of carbonyl (C=O) groups is 2. The number of aromatic hydroxyl groups is 1. The van der Waals surface area contributed by atoms with Crippen molar-refractivity contribution in [2.45, 2.75) is 90.9 Å². The van der Waals surface area contributed by atoms with Gasteiger partial charge in [-0.25, -0.2) is 10.2 Å². The summed E-state index contributed by atoms with van der Waals surface area (Å²) in [6, 6.07) is 18.5. The van der Waals surface area contributed by atoms with Crippen LogP contribution in [0.25, 0.3) is 0 Å². The standard InChI is InChI=1S/C37H48N2O6/c1-3-5-7-9-11-16-24-43-34-27-31(26-33(40)35(34)44-25-17-12-10-8-6-4-2)36(41)39-38-28-29-20-22-32(23-21-29)45-37(42)30-18-14-13-15-19-30/h13-15,18-23,26-28,40H,3-12,16-17,24-25H2,1-2H3,(H,39,41)/b38-28+. The molecule has 0 aliphatic rings. The van der Waals surface area contributed by atoms with Crippen molar-refractivity contribution in [2.24, 2.45) is 5.10 Å². The number of benzene rings is 3. The highest BCUT2D eigenvalue weighted by atomic mass is 16.5. The largest absolute Gasteiger partial charge is 0.504 e. The number of nitrogens with zero attached hydrogens (tertiary/aromatic N) is 1. The number of amides is 1. The Morgan fingerprint density at radius 1 is 0.733 bits per heavy atom. The van der Waals surface area contributed by atoms with E-state index in [0.29, 0.717) is 35.8 Å². The Labute approximate surface area is 267 Å². The van der Waals surface area contributed by atoms with Crippen LogP contribution in [0.1, 0.15) is 117 Å². The van der Waals surface area contributed by atoms with E-state index >= 15 is 0 Å². The van der Waals surface area contributed by atoms with Gasteiger partial charge in [-0.15, -0.1) is 0 Å². The maximum Gasteiger partial charge on any atom is 0.343 e. The smallest absolute Gasteiger partial charge is 0.343 e. The zero-order chi connectivity index (χ0) is 32.1. The Kier molecular flexibility index (Phi) is 16.1. The molecule has 0 radical (unpaired) electrons. The van der Waals surface area contributed by atoms with E-state index in [9.17, 15) is 14.7 Å². The van der Waals surface area contributed by atoms with E-state index in [4.69, 9.17) is 14.2 Å². The lowest BCUT2D eigenvalue weighted by Gasteiger charge is -2.15. The summed E-state index contributed by atoms with van der Waals surface area (Å²) in [4.78, 5) is 25.2. The first-order chi connectivity index (χ1) is 22.0. The van der Waals surface area contributed by atoms with Gasteiger partial charge >= 0.3 is 5.97 Å². The number of phenols is 1. The highest BCUT2D eigenvalue weighted by Crippen LogP contribution is 2.38. The monoisotopic (exact) mass is 616 g/mol. The first-order valence-electron chi connectivity index (χ1n) is 16.3. The average Bonchev–Trinajstić information content (AvgIpc) is 3.05. The van der Waals surface area contributed by atoms with Crippen LogP contribution in [0, 0.1) is 0 Å². The second-order valence-electron chi connectivity index (χ2n) is 11.1. The Balaban J connectivity index is 1.58. The van der Waals surface area contributed by atoms with Crippen molar-refractivity contribution in [3.05, 3.63) is 83.4 Å². The van der Waals surface area contributed by atoms with E-state index in [1.54, 1.807) is 54.6 Å². The van der Waals surface area contributed by atoms with Crippen molar-refractivity contribution in [3.63, 3.8) is 0 Å². The quantitative estimate of drug-likeness (QED) is 0.0407. The molecule has 0 saturated heterocycles. The lowest BCUT2D eigenvalue weighted by Crippen LogP contribution is -2.18. The molecule has 8 heteroatoms. The number of ether oxygens (including phenoxy) is 3. The molecule has 0 aliphatic carbocycles. The van der Waals surface area contributed by atoms with Crippen molar-refractivity contribution in [1.29, 1.82) is 0 Å². The molecule has 0 unspecified atom stereocenters. The van der Waals surface area contributed by atoms with Crippen LogP contribution in [0.3, 0.4) is 0 Å². The third-order valence-electron chi connectivity index (χ3n) is 7.28. The highest BCUT2D eigenvalue weighted by Gasteiger charge is 2.17. The highest BCUT2D eigenvalue weighted by molar-refractivity contribution is 5.96. The van der Waals surface area contributed by atoms with Crippen LogP contribution in [0.15, 0.2) is 71.8 Å². The molecule has 0 heterocycles. The molecule has 3 aromatic carbocycles. The van der Waals surface area contributed by atoms with Gasteiger partial charge in [-0.2, -0.15) is 5.10 Å². The van der Waals surface area contributed by atoms with Gasteiger partial charge in [0.05, 0.1) is 25.0 Å². The fourth-order valence-corrected chi connectivity index (χ4v) is 4.68. The van der Waals surface area contributed by atoms with Crippen LogP contribution in [0.2, 0.25) is 0 Å². The number of hydrazone groups is 1. The second-order valence-corrected chi connectivity index (χ2v) is 11.1. The Morgan fingerprint density at radius 2 is 1.33 bits per heavy atom. The first kappa shape index (κ1) is 35.2. The van der Waals surface area contributed by atoms with E-state index in [1.165, 1.54) is 50.8 Å². The zero-order valence-corrected chi connectivity index (χ0v) is 26.8. The fraction of sp³-hybridized carbons (Fsp3) is 0.432. The maximum absolute atomic E-state index is 12.9. The molecule has 0 bridgehead atoms. The molecule has 0 spiro atoms. The summed E-state index contributed by atoms with van der Waals surface area (Å²) >= 11 is 0. The molecule has 2 N–H and O–H groups in total. The van der Waals surface area contributed by atoms with E-state index < -0.39 is 11.9 Å². The van der Waals surface area contributed by atoms with Gasteiger partial charge in [0.25, 0.3) is 5.91 Å². The normalized spacial score (nSPS) is 11.0. The van der Waals surface area contributed by atoms with Crippen LogP contribution in [-0.2, 0) is 0 Å². The summed E-state index contributed by atoms with van der Waals surface area (Å²) in [6.45, 7) is 5.33. The van der Waals surface area contributed by atoms with Gasteiger partial charge in [0.1, 0.15) is 5.75 Å². The minimum absolute atomic E-state index is 0.142. The summed E-state index contributed by atoms with van der Waals surface area (Å²) < 4.78 is 17.4. The number of unbranched alkanes of at least 4 members (excludes halogenated alkanes) is 10. The SMILES string of the molecule is CCCCCCCCOc1cc(C(=O)N/N=C/c2ccc(OC(=O)c3ccccc3)cc2)cc(O)c1OCCCCCCCC. The Bertz CT molecular complexity index is 1320. The maximum atomic E-state index is 12.9. The van der Waals surface area contributed by atoms with Crippen molar-refractivity contribution in [2.75, 3.05) is 13.2 Å². The van der Waals surface area contributed by atoms with Gasteiger partial charge in [-0.3, -0.25) is 4.79 Å². The summed E-state index contributed by atoms with van der Waals surface area (Å²) in [7, 11) is 0. The van der Waals surface area contributed by atoms with Crippen molar-refractivity contribution >= 4 is 18.1 Å². The molecule has 0 aromatic heterocycles. The fourth-order valence-electron chi connectivity index (χ4n) is 4.68. The number of hydrogen-bond donors (Lipinski definition) is 2. The average molecular weight is 617 g/mol. The molecular weight excluding hydrogens is 568 g/mol. The van der Waals surface area contributed by atoms with E-state index in [2.05, 4.69) is 24.4 Å². The van der Waals surface area contributed by atoms with Crippen LogP contribution >= 0.6 is 0 Å². The van der Waals surface area contributed by atoms with E-state index in [-0.39, 0.29) is 17.1 Å². The second kappa shape index (κ2) is 20.6. The molecule has 45 heavy (non-hydrogen) atoms. The molecule has 0 saturated carbocycles. The molecule has 1 amide bonds. The molecular formula is C37H48N2O6. The van der Waals surface area contributed by atoms with Gasteiger partial charge in [0.2, 0.25) is 5.75 Å². The predicted octanol–water partition coefficient (Wildman–Crippen LogP) is 8.85. The number of carbonyl (C=O) groups excluding carboxylic acids is 2. The lowest BCUT2D eigenvalue weighted by molar-refractivity contribution is 0.0734. The van der Waals surface area contributed by atoms with Crippen molar-refractivity contribution in [3.8, 4) is 23.0 Å². The number of rotatable bonds is 21. The van der Waals surface area contributed by atoms with Gasteiger partial charge < -0.3 is 19.3 Å². The van der Waals surface area contributed by atoms with Crippen LogP contribution in [0.4, 0.5) is 0 Å². The van der Waals surface area contributed by atoms with Crippen LogP contribution < -0.4 is 19.6 Å². The van der Waals surface area contributed by atoms with Gasteiger partial charge in [0.15, 0.2) is 11.5 Å². The third kappa shape index (κ3) is 13.1. The summed E-state index contributed by atoms with van der Waals surface area (Å²) in [6.07, 6.45) is 15.0. The molecule has 0 fully saturated rings. The minimum Gasteiger partial charge on any atom is -0.504 e. The molecule has 3 rings (SSSR count). The number of esters is 1. The summed E-state index contributed by atoms with van der Waals surface area (Å²) in [5.74, 6) is -0.0699. The predicted molar refractivity (Wildman–Crippen MR) is 179 cm³/mol. The molecule has 3 aromatic rings. The molecule has 0 atom stereocenters. The summed E-state index contributed by atoms with van der Waals surface area (Å²) in [5, 5.41) is 14.9. The van der Waals surface area contributed by atoms with E-state index in [0.717, 1.165) is 38.5 Å². The van der Waals surface area contributed by atoms with E-state index in [1.807, 2.05) is 6.07 Å². The summed E-state index contributed by atoms with van der Waals surface area (Å²) in [5.41, 5.74) is 3.86. The number of phenolic OH excluding ortho intramolecular Hbond substituents is 1. The number of hydrogen-bond acceptors (Lipinski definition) is 7. The van der Waals surface area contributed by atoms with Crippen molar-refractivity contribution in [1.82, 2.24) is 5.43 Å². The van der Waals surface area contributed by atoms with Crippen LogP contribution in [0.5, 0.6) is 23.0 Å². The van der Waals surface area contributed by atoms with Gasteiger partial charge in [-0.1, -0.05) is 96.3 Å². The third-order valence-corrected chi connectivity index (χ3v) is 7.28. The molecule has 0 aliphatic heterocycles. The number of nitrogens with one attached hydrogen (secondary N) is 1. The first-order valence-corrected chi connectivity index (χ1v) is 16.3. The van der Waals surface area contributed by atoms with Crippen LogP contribution in [-0.4, -0.2) is 36.4 Å². The molecule has 242 valence electrons. The van der Waals surface area contributed by atoms with Crippen molar-refractivity contribution < 1.29 is 28.9 Å². The minimum atomic E-state index is -0.498. The van der Waals surface area contributed by atoms with Gasteiger partial charge in [-0.05, 0) is 66.9 Å². The lowest BCUT2D eigenvalue weighted by atomic mass is 10.1. The molecule has 8 nitrogen and oxygen atoms in total. The topological polar surface area (TPSA) is 106 Å².